The van der Waals surface area contributed by atoms with E-state index in [4.69, 9.17) is 15.0 Å². The van der Waals surface area contributed by atoms with E-state index in [1.807, 2.05) is 115 Å². The molecule has 0 unspecified atom stereocenters. The molecule has 0 fully saturated rings. The van der Waals surface area contributed by atoms with Crippen molar-refractivity contribution >= 4 is 10.8 Å². The van der Waals surface area contributed by atoms with E-state index in [1.54, 1.807) is 0 Å². The number of hydrogen-bond acceptors (Lipinski definition) is 5. The van der Waals surface area contributed by atoms with Crippen LogP contribution in [0.3, 0.4) is 0 Å². The Morgan fingerprint density at radius 2 is 0.850 bits per heavy atom. The zero-order valence-electron chi connectivity index (χ0n) is 21.5. The Balaban J connectivity index is 1.46. The van der Waals surface area contributed by atoms with Crippen molar-refractivity contribution in [2.75, 3.05) is 0 Å². The molecule has 0 amide bonds. The number of nitrogens with zero attached hydrogens (tertiary/aromatic N) is 5. The third-order valence-corrected chi connectivity index (χ3v) is 6.86. The van der Waals surface area contributed by atoms with Crippen LogP contribution in [0.15, 0.2) is 140 Å². The van der Waals surface area contributed by atoms with Crippen molar-refractivity contribution in [3.63, 3.8) is 0 Å². The smallest absolute Gasteiger partial charge is 0.165 e. The van der Waals surface area contributed by atoms with Gasteiger partial charge in [0, 0.05) is 27.8 Å². The van der Waals surface area contributed by atoms with Crippen LogP contribution in [0.2, 0.25) is 0 Å². The fourth-order valence-electron chi connectivity index (χ4n) is 4.89. The Bertz CT molecular complexity index is 1860. The van der Waals surface area contributed by atoms with Crippen LogP contribution in [-0.4, -0.2) is 25.1 Å². The van der Waals surface area contributed by atoms with E-state index < -0.39 is 0 Å². The van der Waals surface area contributed by atoms with Crippen molar-refractivity contribution in [1.29, 1.82) is 0 Å². The molecule has 40 heavy (non-hydrogen) atoms. The molecule has 7 aromatic rings. The van der Waals surface area contributed by atoms with Crippen LogP contribution in [-0.2, 0) is 0 Å². The third kappa shape index (κ3) is 4.50. The summed E-state index contributed by atoms with van der Waals surface area (Å²) in [6.07, 6.45) is 0. The Kier molecular flexibility index (Phi) is 6.07. The van der Waals surface area contributed by atoms with Gasteiger partial charge in [-0.05, 0) is 22.9 Å². The van der Waals surface area contributed by atoms with E-state index >= 15 is 0 Å². The molecule has 5 heteroatoms. The van der Waals surface area contributed by atoms with Gasteiger partial charge in [-0.3, -0.25) is 0 Å². The molecule has 188 valence electrons. The summed E-state index contributed by atoms with van der Waals surface area (Å²) in [6, 6.07) is 46.6. The standard InChI is InChI=1S/C35H23N5/c1-4-13-25(14-5-1)30-22-23-31(40-39-30)29-21-20-24-12-10-11-19-28(24)32(29)35-37-33(26-15-6-2-7-16-26)36-34(38-35)27-17-8-3-9-18-27/h1-23H. The average molecular weight is 514 g/mol. The van der Waals surface area contributed by atoms with Gasteiger partial charge in [0.1, 0.15) is 0 Å². The largest absolute Gasteiger partial charge is 0.208 e. The van der Waals surface area contributed by atoms with Crippen molar-refractivity contribution < 1.29 is 0 Å². The molecule has 0 radical (unpaired) electrons. The number of aromatic nitrogens is 5. The first-order chi connectivity index (χ1) is 19.8. The fourth-order valence-corrected chi connectivity index (χ4v) is 4.89. The molecule has 0 saturated heterocycles. The van der Waals surface area contributed by atoms with Crippen LogP contribution >= 0.6 is 0 Å². The molecule has 2 heterocycles. The minimum absolute atomic E-state index is 0.591. The van der Waals surface area contributed by atoms with E-state index in [9.17, 15) is 0 Å². The summed E-state index contributed by atoms with van der Waals surface area (Å²) < 4.78 is 0. The van der Waals surface area contributed by atoms with Crippen molar-refractivity contribution in [2.45, 2.75) is 0 Å². The Hall–Kier alpha value is -5.55. The number of rotatable bonds is 5. The minimum atomic E-state index is 0.591. The highest BCUT2D eigenvalue weighted by Gasteiger charge is 2.19. The molecule has 0 aliphatic heterocycles. The fraction of sp³-hybridized carbons (Fsp3) is 0. The first kappa shape index (κ1) is 23.6. The first-order valence-corrected chi connectivity index (χ1v) is 13.1. The molecule has 5 aromatic carbocycles. The lowest BCUT2D eigenvalue weighted by molar-refractivity contribution is 1.04. The van der Waals surface area contributed by atoms with Crippen molar-refractivity contribution in [2.24, 2.45) is 0 Å². The highest BCUT2D eigenvalue weighted by atomic mass is 15.1. The maximum Gasteiger partial charge on any atom is 0.165 e. The molecule has 0 spiro atoms. The summed E-state index contributed by atoms with van der Waals surface area (Å²) >= 11 is 0. The Morgan fingerprint density at radius 3 is 1.45 bits per heavy atom. The molecule has 0 saturated carbocycles. The zero-order valence-corrected chi connectivity index (χ0v) is 21.5. The van der Waals surface area contributed by atoms with E-state index in [0.29, 0.717) is 17.5 Å². The van der Waals surface area contributed by atoms with E-state index in [2.05, 4.69) is 34.5 Å². The Labute approximate surface area is 231 Å². The van der Waals surface area contributed by atoms with Crippen molar-refractivity contribution in [3.05, 3.63) is 140 Å². The SMILES string of the molecule is c1ccc(-c2ccc(-c3ccc4ccccc4c3-c3nc(-c4ccccc4)nc(-c4ccccc4)n3)nn2)cc1. The normalized spacial score (nSPS) is 11.0. The van der Waals surface area contributed by atoms with Gasteiger partial charge in [-0.1, -0.05) is 127 Å². The Morgan fingerprint density at radius 1 is 0.350 bits per heavy atom. The molecule has 0 N–H and O–H groups in total. The van der Waals surface area contributed by atoms with Gasteiger partial charge in [-0.15, -0.1) is 10.2 Å². The second-order valence-corrected chi connectivity index (χ2v) is 9.42. The van der Waals surface area contributed by atoms with Gasteiger partial charge in [0.05, 0.1) is 11.4 Å². The minimum Gasteiger partial charge on any atom is -0.208 e. The lowest BCUT2D eigenvalue weighted by Gasteiger charge is -2.14. The first-order valence-electron chi connectivity index (χ1n) is 13.1. The summed E-state index contributed by atoms with van der Waals surface area (Å²) in [4.78, 5) is 14.9. The number of fused-ring (bicyclic) bond motifs is 1. The molecule has 5 nitrogen and oxygen atoms in total. The molecular weight excluding hydrogens is 490 g/mol. The lowest BCUT2D eigenvalue weighted by atomic mass is 9.96. The summed E-state index contributed by atoms with van der Waals surface area (Å²) in [6.45, 7) is 0. The zero-order chi connectivity index (χ0) is 26.7. The van der Waals surface area contributed by atoms with E-state index in [1.165, 1.54) is 0 Å². The third-order valence-electron chi connectivity index (χ3n) is 6.86. The van der Waals surface area contributed by atoms with Crippen LogP contribution in [0.25, 0.3) is 67.5 Å². The number of benzene rings is 5. The van der Waals surface area contributed by atoms with Crippen LogP contribution in [0.4, 0.5) is 0 Å². The molecule has 0 atom stereocenters. The van der Waals surface area contributed by atoms with Gasteiger partial charge in [0.15, 0.2) is 17.5 Å². The van der Waals surface area contributed by atoms with Crippen molar-refractivity contribution in [1.82, 2.24) is 25.1 Å². The highest BCUT2D eigenvalue weighted by molar-refractivity contribution is 6.02. The average Bonchev–Trinajstić information content (AvgIpc) is 3.05. The summed E-state index contributed by atoms with van der Waals surface area (Å²) in [5.41, 5.74) is 6.27. The lowest BCUT2D eigenvalue weighted by Crippen LogP contribution is -2.02. The molecular formula is C35H23N5. The summed E-state index contributed by atoms with van der Waals surface area (Å²) in [5, 5.41) is 11.4. The van der Waals surface area contributed by atoms with Crippen LogP contribution < -0.4 is 0 Å². The predicted octanol–water partition coefficient (Wildman–Crippen LogP) is 8.15. The number of hydrogen-bond donors (Lipinski definition) is 0. The van der Waals surface area contributed by atoms with Crippen LogP contribution in [0.1, 0.15) is 0 Å². The molecule has 2 aromatic heterocycles. The molecule has 0 aliphatic carbocycles. The maximum absolute atomic E-state index is 5.03. The van der Waals surface area contributed by atoms with Gasteiger partial charge < -0.3 is 0 Å². The topological polar surface area (TPSA) is 64.5 Å². The quantitative estimate of drug-likeness (QED) is 0.232. The summed E-state index contributed by atoms with van der Waals surface area (Å²) in [5.74, 6) is 1.83. The highest BCUT2D eigenvalue weighted by Crippen LogP contribution is 2.37. The maximum atomic E-state index is 5.03. The molecule has 0 bridgehead atoms. The van der Waals surface area contributed by atoms with Gasteiger partial charge in [-0.2, -0.15) is 0 Å². The van der Waals surface area contributed by atoms with Gasteiger partial charge in [-0.25, -0.2) is 15.0 Å². The molecule has 7 rings (SSSR count). The second-order valence-electron chi connectivity index (χ2n) is 9.42. The van der Waals surface area contributed by atoms with Gasteiger partial charge >= 0.3 is 0 Å². The van der Waals surface area contributed by atoms with Crippen LogP contribution in [0, 0.1) is 0 Å². The second kappa shape index (κ2) is 10.3. The van der Waals surface area contributed by atoms with E-state index in [0.717, 1.165) is 50.0 Å². The van der Waals surface area contributed by atoms with Gasteiger partial charge in [0.2, 0.25) is 0 Å². The molecule has 0 aliphatic rings. The van der Waals surface area contributed by atoms with Crippen LogP contribution in [0.5, 0.6) is 0 Å². The predicted molar refractivity (Wildman–Crippen MR) is 160 cm³/mol. The monoisotopic (exact) mass is 513 g/mol. The van der Waals surface area contributed by atoms with Gasteiger partial charge in [0.25, 0.3) is 0 Å². The van der Waals surface area contributed by atoms with E-state index in [-0.39, 0.29) is 0 Å². The van der Waals surface area contributed by atoms with Crippen molar-refractivity contribution in [3.8, 4) is 56.7 Å². The summed E-state index contributed by atoms with van der Waals surface area (Å²) in [7, 11) is 0.